The summed E-state index contributed by atoms with van der Waals surface area (Å²) in [4.78, 5) is 4.20. The second-order valence-corrected chi connectivity index (χ2v) is 3.64. The molecule has 0 saturated carbocycles. The normalized spacial score (nSPS) is 12.4. The predicted molar refractivity (Wildman–Crippen MR) is 63.6 cm³/mol. The van der Waals surface area contributed by atoms with Crippen LogP contribution in [0.4, 0.5) is 0 Å². The van der Waals surface area contributed by atoms with E-state index in [0.29, 0.717) is 25.1 Å². The number of pyridine rings is 1. The average molecular weight is 224 g/mol. The Morgan fingerprint density at radius 2 is 2.31 bits per heavy atom. The van der Waals surface area contributed by atoms with E-state index in [1.807, 2.05) is 19.1 Å². The number of methoxy groups -OCH3 is 1. The summed E-state index contributed by atoms with van der Waals surface area (Å²) >= 11 is 0. The first-order valence-corrected chi connectivity index (χ1v) is 5.57. The first-order chi connectivity index (χ1) is 7.77. The van der Waals surface area contributed by atoms with Crippen molar-refractivity contribution in [3.05, 3.63) is 23.9 Å². The highest BCUT2D eigenvalue weighted by molar-refractivity contribution is 5.25. The van der Waals surface area contributed by atoms with E-state index in [1.165, 1.54) is 0 Å². The molecule has 0 aliphatic carbocycles. The molecular formula is C12H20N2O2. The number of ether oxygens (including phenoxy) is 2. The van der Waals surface area contributed by atoms with E-state index in [1.54, 1.807) is 13.3 Å². The van der Waals surface area contributed by atoms with Crippen molar-refractivity contribution in [3.63, 3.8) is 0 Å². The minimum atomic E-state index is 0.319. The lowest BCUT2D eigenvalue weighted by molar-refractivity contribution is 0.171. The third-order valence-corrected chi connectivity index (χ3v) is 2.19. The zero-order valence-corrected chi connectivity index (χ0v) is 10.2. The van der Waals surface area contributed by atoms with Crippen LogP contribution >= 0.6 is 0 Å². The number of rotatable bonds is 7. The van der Waals surface area contributed by atoms with Crippen LogP contribution in [0.1, 0.15) is 19.4 Å². The van der Waals surface area contributed by atoms with E-state index < -0.39 is 0 Å². The van der Waals surface area contributed by atoms with Gasteiger partial charge in [-0.05, 0) is 19.9 Å². The van der Waals surface area contributed by atoms with Crippen molar-refractivity contribution in [1.82, 2.24) is 10.3 Å². The molecule has 0 radical (unpaired) electrons. The minimum absolute atomic E-state index is 0.319. The molecule has 1 aromatic heterocycles. The maximum atomic E-state index is 5.45. The quantitative estimate of drug-likeness (QED) is 0.764. The molecule has 0 saturated heterocycles. The van der Waals surface area contributed by atoms with Crippen LogP contribution in [0, 0.1) is 0 Å². The van der Waals surface area contributed by atoms with Crippen LogP contribution in [0.2, 0.25) is 0 Å². The highest BCUT2D eigenvalue weighted by atomic mass is 16.5. The zero-order chi connectivity index (χ0) is 11.8. The summed E-state index contributed by atoms with van der Waals surface area (Å²) < 4.78 is 10.5. The summed E-state index contributed by atoms with van der Waals surface area (Å²) in [5.41, 5.74) is 1.08. The molecule has 16 heavy (non-hydrogen) atoms. The van der Waals surface area contributed by atoms with Crippen LogP contribution in [0.25, 0.3) is 0 Å². The molecule has 0 aliphatic rings. The first-order valence-electron chi connectivity index (χ1n) is 5.57. The van der Waals surface area contributed by atoms with Gasteiger partial charge in [0.25, 0.3) is 0 Å². The number of nitrogens with one attached hydrogen (secondary N) is 1. The summed E-state index contributed by atoms with van der Waals surface area (Å²) in [5.74, 6) is 0.710. The second kappa shape index (κ2) is 7.19. The molecule has 4 nitrogen and oxygen atoms in total. The summed E-state index contributed by atoms with van der Waals surface area (Å²) in [6, 6.07) is 4.25. The topological polar surface area (TPSA) is 43.4 Å². The number of hydrogen-bond acceptors (Lipinski definition) is 4. The van der Waals surface area contributed by atoms with E-state index in [-0.39, 0.29) is 0 Å². The Morgan fingerprint density at radius 1 is 1.50 bits per heavy atom. The molecule has 1 heterocycles. The molecule has 0 fully saturated rings. The molecule has 4 heteroatoms. The van der Waals surface area contributed by atoms with Gasteiger partial charge in [-0.2, -0.15) is 0 Å². The minimum Gasteiger partial charge on any atom is -0.478 e. The van der Waals surface area contributed by atoms with Crippen molar-refractivity contribution < 1.29 is 9.47 Å². The third-order valence-electron chi connectivity index (χ3n) is 2.19. The largest absolute Gasteiger partial charge is 0.478 e. The second-order valence-electron chi connectivity index (χ2n) is 3.64. The monoisotopic (exact) mass is 224 g/mol. The number of aromatic nitrogens is 1. The molecular weight excluding hydrogens is 204 g/mol. The van der Waals surface area contributed by atoms with Crippen LogP contribution in [-0.4, -0.2) is 31.3 Å². The fraction of sp³-hybridized carbons (Fsp3) is 0.583. The van der Waals surface area contributed by atoms with Gasteiger partial charge in [0.05, 0.1) is 13.2 Å². The molecule has 0 spiro atoms. The van der Waals surface area contributed by atoms with Gasteiger partial charge < -0.3 is 14.8 Å². The summed E-state index contributed by atoms with van der Waals surface area (Å²) in [5, 5.41) is 3.35. The molecule has 1 unspecified atom stereocenters. The molecule has 90 valence electrons. The van der Waals surface area contributed by atoms with Gasteiger partial charge in [-0.1, -0.05) is 6.07 Å². The van der Waals surface area contributed by atoms with Gasteiger partial charge in [0.1, 0.15) is 0 Å². The van der Waals surface area contributed by atoms with E-state index in [2.05, 4.69) is 17.2 Å². The van der Waals surface area contributed by atoms with Gasteiger partial charge in [0.2, 0.25) is 5.88 Å². The van der Waals surface area contributed by atoms with Crippen molar-refractivity contribution in [2.24, 2.45) is 0 Å². The van der Waals surface area contributed by atoms with Crippen LogP contribution in [0.3, 0.4) is 0 Å². The highest BCUT2D eigenvalue weighted by Crippen LogP contribution is 2.13. The summed E-state index contributed by atoms with van der Waals surface area (Å²) in [7, 11) is 1.70. The molecule has 1 aromatic rings. The lowest BCUT2D eigenvalue weighted by Crippen LogP contribution is -2.29. The molecule has 1 rings (SSSR count). The average Bonchev–Trinajstić information content (AvgIpc) is 2.29. The number of nitrogens with zero attached hydrogens (tertiary/aromatic N) is 1. The molecule has 1 atom stereocenters. The van der Waals surface area contributed by atoms with Crippen molar-refractivity contribution in [2.75, 3.05) is 20.3 Å². The van der Waals surface area contributed by atoms with Gasteiger partial charge in [-0.3, -0.25) is 0 Å². The van der Waals surface area contributed by atoms with Gasteiger partial charge >= 0.3 is 0 Å². The van der Waals surface area contributed by atoms with Crippen LogP contribution < -0.4 is 10.1 Å². The van der Waals surface area contributed by atoms with E-state index >= 15 is 0 Å². The maximum Gasteiger partial charge on any atom is 0.217 e. The Bertz CT molecular complexity index is 305. The van der Waals surface area contributed by atoms with E-state index in [0.717, 1.165) is 12.1 Å². The SMILES string of the molecule is CCOc1ncccc1CNC(C)COC. The van der Waals surface area contributed by atoms with Crippen molar-refractivity contribution >= 4 is 0 Å². The Labute approximate surface area is 97.0 Å². The smallest absolute Gasteiger partial charge is 0.217 e. The lowest BCUT2D eigenvalue weighted by Gasteiger charge is -2.14. The van der Waals surface area contributed by atoms with E-state index in [9.17, 15) is 0 Å². The molecule has 0 bridgehead atoms. The Hall–Kier alpha value is -1.13. The van der Waals surface area contributed by atoms with Gasteiger partial charge in [-0.15, -0.1) is 0 Å². The zero-order valence-electron chi connectivity index (χ0n) is 10.2. The van der Waals surface area contributed by atoms with Crippen LogP contribution in [0.5, 0.6) is 5.88 Å². The summed E-state index contributed by atoms with van der Waals surface area (Å²) in [6.07, 6.45) is 1.74. The molecule has 0 aromatic carbocycles. The Morgan fingerprint density at radius 3 is 3.00 bits per heavy atom. The fourth-order valence-electron chi connectivity index (χ4n) is 1.42. The fourth-order valence-corrected chi connectivity index (χ4v) is 1.42. The molecule has 0 amide bonds. The Balaban J connectivity index is 2.52. The molecule has 1 N–H and O–H groups in total. The standard InChI is InChI=1S/C12H20N2O2/c1-4-16-12-11(6-5-7-13-12)8-14-10(2)9-15-3/h5-7,10,14H,4,8-9H2,1-3H3. The number of hydrogen-bond donors (Lipinski definition) is 1. The van der Waals surface area contributed by atoms with Crippen LogP contribution in [-0.2, 0) is 11.3 Å². The predicted octanol–water partition coefficient (Wildman–Crippen LogP) is 1.60. The third kappa shape index (κ3) is 4.16. The highest BCUT2D eigenvalue weighted by Gasteiger charge is 2.05. The van der Waals surface area contributed by atoms with Crippen molar-refractivity contribution in [1.29, 1.82) is 0 Å². The maximum absolute atomic E-state index is 5.45. The van der Waals surface area contributed by atoms with Crippen LogP contribution in [0.15, 0.2) is 18.3 Å². The first kappa shape index (κ1) is 12.9. The lowest BCUT2D eigenvalue weighted by atomic mass is 10.2. The van der Waals surface area contributed by atoms with Gasteiger partial charge in [0.15, 0.2) is 0 Å². The van der Waals surface area contributed by atoms with Crippen molar-refractivity contribution in [2.45, 2.75) is 26.4 Å². The van der Waals surface area contributed by atoms with Crippen molar-refractivity contribution in [3.8, 4) is 5.88 Å². The van der Waals surface area contributed by atoms with E-state index in [4.69, 9.17) is 9.47 Å². The molecule has 0 aliphatic heterocycles. The van der Waals surface area contributed by atoms with Gasteiger partial charge in [-0.25, -0.2) is 4.98 Å². The Kier molecular flexibility index (Phi) is 5.82. The van der Waals surface area contributed by atoms with Gasteiger partial charge in [0, 0.05) is 31.5 Å². The summed E-state index contributed by atoms with van der Waals surface area (Å²) in [6.45, 7) is 6.12.